The first kappa shape index (κ1) is 11.0. The summed E-state index contributed by atoms with van der Waals surface area (Å²) in [7, 11) is 0. The van der Waals surface area contributed by atoms with Crippen molar-refractivity contribution in [2.45, 2.75) is 24.9 Å². The SMILES string of the molecule is N#CC1(Cc2ccc(F)cc2F)CCCO1. The van der Waals surface area contributed by atoms with Gasteiger partial charge in [-0.2, -0.15) is 5.26 Å². The molecule has 2 nitrogen and oxygen atoms in total. The Morgan fingerprint density at radius 3 is 2.81 bits per heavy atom. The minimum Gasteiger partial charge on any atom is -0.360 e. The van der Waals surface area contributed by atoms with E-state index in [9.17, 15) is 8.78 Å². The van der Waals surface area contributed by atoms with Gasteiger partial charge in [0.05, 0.1) is 6.07 Å². The summed E-state index contributed by atoms with van der Waals surface area (Å²) in [4.78, 5) is 0. The molecule has 16 heavy (non-hydrogen) atoms. The van der Waals surface area contributed by atoms with Crippen LogP contribution in [0.2, 0.25) is 0 Å². The van der Waals surface area contributed by atoms with Crippen molar-refractivity contribution in [3.63, 3.8) is 0 Å². The summed E-state index contributed by atoms with van der Waals surface area (Å²) in [6.07, 6.45) is 1.58. The molecule has 2 rings (SSSR count). The van der Waals surface area contributed by atoms with Crippen LogP contribution in [0.3, 0.4) is 0 Å². The zero-order valence-corrected chi connectivity index (χ0v) is 8.67. The van der Waals surface area contributed by atoms with E-state index in [1.807, 2.05) is 0 Å². The van der Waals surface area contributed by atoms with Crippen LogP contribution in [0.15, 0.2) is 18.2 Å². The summed E-state index contributed by atoms with van der Waals surface area (Å²) < 4.78 is 31.5. The summed E-state index contributed by atoms with van der Waals surface area (Å²) in [5.41, 5.74) is -0.608. The predicted octanol–water partition coefficient (Wildman–Crippen LogP) is 2.58. The van der Waals surface area contributed by atoms with E-state index >= 15 is 0 Å². The molecule has 84 valence electrons. The van der Waals surface area contributed by atoms with Gasteiger partial charge in [0.25, 0.3) is 0 Å². The number of hydrogen-bond acceptors (Lipinski definition) is 2. The highest BCUT2D eigenvalue weighted by molar-refractivity contribution is 5.23. The molecule has 0 aromatic heterocycles. The van der Waals surface area contributed by atoms with Gasteiger partial charge in [-0.05, 0) is 24.5 Å². The van der Waals surface area contributed by atoms with E-state index in [2.05, 4.69) is 6.07 Å². The van der Waals surface area contributed by atoms with Crippen LogP contribution in [0.1, 0.15) is 18.4 Å². The first-order valence-corrected chi connectivity index (χ1v) is 5.14. The number of benzene rings is 1. The normalized spacial score (nSPS) is 24.3. The van der Waals surface area contributed by atoms with Crippen LogP contribution < -0.4 is 0 Å². The second-order valence-corrected chi connectivity index (χ2v) is 3.97. The molecule has 1 aliphatic rings. The number of nitrogens with zero attached hydrogens (tertiary/aromatic N) is 1. The fourth-order valence-corrected chi connectivity index (χ4v) is 1.94. The first-order valence-electron chi connectivity index (χ1n) is 5.14. The van der Waals surface area contributed by atoms with Crippen molar-refractivity contribution in [2.24, 2.45) is 0 Å². The van der Waals surface area contributed by atoms with Crippen LogP contribution in [-0.4, -0.2) is 12.2 Å². The van der Waals surface area contributed by atoms with Gasteiger partial charge in [0, 0.05) is 19.1 Å². The Labute approximate surface area is 92.5 Å². The van der Waals surface area contributed by atoms with Crippen molar-refractivity contribution in [3.05, 3.63) is 35.4 Å². The van der Waals surface area contributed by atoms with Gasteiger partial charge < -0.3 is 4.74 Å². The molecule has 1 fully saturated rings. The Kier molecular flexibility index (Phi) is 2.88. The Morgan fingerprint density at radius 1 is 1.44 bits per heavy atom. The minimum absolute atomic E-state index is 0.176. The van der Waals surface area contributed by atoms with Crippen LogP contribution in [0.4, 0.5) is 8.78 Å². The van der Waals surface area contributed by atoms with Gasteiger partial charge in [-0.25, -0.2) is 8.78 Å². The lowest BCUT2D eigenvalue weighted by Gasteiger charge is -2.19. The van der Waals surface area contributed by atoms with E-state index in [1.165, 1.54) is 12.1 Å². The van der Waals surface area contributed by atoms with Crippen molar-refractivity contribution < 1.29 is 13.5 Å². The van der Waals surface area contributed by atoms with E-state index < -0.39 is 17.2 Å². The molecular weight excluding hydrogens is 212 g/mol. The van der Waals surface area contributed by atoms with Gasteiger partial charge in [0.15, 0.2) is 5.60 Å². The van der Waals surface area contributed by atoms with Crippen molar-refractivity contribution in [1.29, 1.82) is 5.26 Å². The van der Waals surface area contributed by atoms with Crippen LogP contribution in [-0.2, 0) is 11.2 Å². The number of ether oxygens (including phenoxy) is 1. The predicted molar refractivity (Wildman–Crippen MR) is 53.6 cm³/mol. The quantitative estimate of drug-likeness (QED) is 0.772. The van der Waals surface area contributed by atoms with E-state index in [1.54, 1.807) is 0 Å². The topological polar surface area (TPSA) is 33.0 Å². The summed E-state index contributed by atoms with van der Waals surface area (Å²) in [6.45, 7) is 0.524. The molecular formula is C12H11F2NO. The van der Waals surface area contributed by atoms with E-state index in [4.69, 9.17) is 10.00 Å². The van der Waals surface area contributed by atoms with Crippen LogP contribution >= 0.6 is 0 Å². The maximum atomic E-state index is 13.4. The molecule has 0 radical (unpaired) electrons. The molecule has 0 bridgehead atoms. The Morgan fingerprint density at radius 2 is 2.25 bits per heavy atom. The maximum absolute atomic E-state index is 13.4. The average Bonchev–Trinajstić information content (AvgIpc) is 2.72. The van der Waals surface area contributed by atoms with Crippen molar-refractivity contribution in [3.8, 4) is 6.07 Å². The summed E-state index contributed by atoms with van der Waals surface area (Å²) in [6, 6.07) is 5.47. The van der Waals surface area contributed by atoms with Crippen molar-refractivity contribution in [1.82, 2.24) is 0 Å². The third-order valence-electron chi connectivity index (χ3n) is 2.80. The molecule has 1 atom stereocenters. The molecule has 1 heterocycles. The summed E-state index contributed by atoms with van der Waals surface area (Å²) in [5.74, 6) is -1.23. The standard InChI is InChI=1S/C12H11F2NO/c13-10-3-2-9(11(14)6-10)7-12(8-15)4-1-5-16-12/h2-3,6H,1,4-5,7H2. The fourth-order valence-electron chi connectivity index (χ4n) is 1.94. The minimum atomic E-state index is -0.932. The lowest BCUT2D eigenvalue weighted by Crippen LogP contribution is -2.28. The highest BCUT2D eigenvalue weighted by atomic mass is 19.1. The molecule has 0 N–H and O–H groups in total. The number of halogens is 2. The zero-order valence-electron chi connectivity index (χ0n) is 8.67. The third kappa shape index (κ3) is 2.05. The third-order valence-corrected chi connectivity index (χ3v) is 2.80. The van der Waals surface area contributed by atoms with Crippen molar-refractivity contribution in [2.75, 3.05) is 6.61 Å². The Bertz CT molecular complexity index is 433. The Balaban J connectivity index is 2.23. The lowest BCUT2D eigenvalue weighted by atomic mass is 9.93. The number of hydrogen-bond donors (Lipinski definition) is 0. The van der Waals surface area contributed by atoms with Gasteiger partial charge in [-0.15, -0.1) is 0 Å². The molecule has 1 saturated heterocycles. The fraction of sp³-hybridized carbons (Fsp3) is 0.417. The van der Waals surface area contributed by atoms with E-state index in [0.717, 1.165) is 12.5 Å². The van der Waals surface area contributed by atoms with Gasteiger partial charge in [-0.3, -0.25) is 0 Å². The molecule has 1 aromatic carbocycles. The molecule has 0 spiro atoms. The van der Waals surface area contributed by atoms with Gasteiger partial charge in [-0.1, -0.05) is 6.07 Å². The molecule has 0 saturated carbocycles. The molecule has 1 aromatic rings. The molecule has 0 aliphatic carbocycles. The van der Waals surface area contributed by atoms with E-state index in [0.29, 0.717) is 18.6 Å². The van der Waals surface area contributed by atoms with Crippen LogP contribution in [0.5, 0.6) is 0 Å². The highest BCUT2D eigenvalue weighted by Gasteiger charge is 2.36. The molecule has 4 heteroatoms. The molecule has 0 amide bonds. The largest absolute Gasteiger partial charge is 0.360 e. The van der Waals surface area contributed by atoms with Crippen molar-refractivity contribution >= 4 is 0 Å². The summed E-state index contributed by atoms with van der Waals surface area (Å²) in [5, 5.41) is 9.05. The lowest BCUT2D eigenvalue weighted by molar-refractivity contribution is 0.0515. The average molecular weight is 223 g/mol. The van der Waals surface area contributed by atoms with E-state index in [-0.39, 0.29) is 6.42 Å². The second kappa shape index (κ2) is 4.18. The van der Waals surface area contributed by atoms with Gasteiger partial charge in [0.1, 0.15) is 11.6 Å². The van der Waals surface area contributed by atoms with Crippen LogP contribution in [0.25, 0.3) is 0 Å². The van der Waals surface area contributed by atoms with Gasteiger partial charge >= 0.3 is 0 Å². The summed E-state index contributed by atoms with van der Waals surface area (Å²) >= 11 is 0. The molecule has 1 unspecified atom stereocenters. The smallest absolute Gasteiger partial charge is 0.158 e. The monoisotopic (exact) mass is 223 g/mol. The first-order chi connectivity index (χ1) is 7.65. The Hall–Kier alpha value is -1.47. The number of rotatable bonds is 2. The van der Waals surface area contributed by atoms with Crippen LogP contribution in [0, 0.1) is 23.0 Å². The zero-order chi connectivity index (χ0) is 11.6. The van der Waals surface area contributed by atoms with Gasteiger partial charge in [0.2, 0.25) is 0 Å². The molecule has 1 aliphatic heterocycles. The second-order valence-electron chi connectivity index (χ2n) is 3.97. The highest BCUT2D eigenvalue weighted by Crippen LogP contribution is 2.29. The number of nitriles is 1. The maximum Gasteiger partial charge on any atom is 0.158 e.